The molecule has 7 nitrogen and oxygen atoms in total. The first-order valence-corrected chi connectivity index (χ1v) is 6.10. The number of carbonyl (C=O) groups is 2. The van der Waals surface area contributed by atoms with E-state index >= 15 is 0 Å². The van der Waals surface area contributed by atoms with E-state index in [9.17, 15) is 14.7 Å². The van der Waals surface area contributed by atoms with Crippen molar-refractivity contribution in [1.82, 2.24) is 15.1 Å². The minimum Gasteiger partial charge on any atom is -0.481 e. The Morgan fingerprint density at radius 2 is 2.42 bits per heavy atom. The second kappa shape index (κ2) is 5.40. The summed E-state index contributed by atoms with van der Waals surface area (Å²) < 4.78 is 6.83. The molecule has 2 N–H and O–H groups in total. The summed E-state index contributed by atoms with van der Waals surface area (Å²) in [5, 5.41) is 15.9. The number of aliphatic carboxylic acids is 1. The molecule has 2 atom stereocenters. The van der Waals surface area contributed by atoms with Crippen molar-refractivity contribution < 1.29 is 19.4 Å². The normalized spacial score (nSPS) is 26.3. The number of carboxylic acids is 1. The molecule has 0 spiro atoms. The van der Waals surface area contributed by atoms with Crippen LogP contribution in [0.15, 0.2) is 18.5 Å². The molecule has 0 aliphatic carbocycles. The molecule has 2 heterocycles. The van der Waals surface area contributed by atoms with E-state index in [4.69, 9.17) is 4.74 Å². The van der Waals surface area contributed by atoms with Gasteiger partial charge in [-0.25, -0.2) is 0 Å². The number of nitrogens with zero attached hydrogens (tertiary/aromatic N) is 2. The number of aryl methyl sites for hydroxylation is 1. The Hall–Kier alpha value is -1.89. The quantitative estimate of drug-likeness (QED) is 0.775. The molecular formula is C12H17N3O4. The maximum Gasteiger partial charge on any atom is 0.313 e. The standard InChI is InChI=1S/C12H17N3O4/c1-12(11(17)18)8-19-7-9(12)14-10(16)3-6-15-5-2-4-13-15/h2,4-5,9H,3,6-8H2,1H3,(H,14,16)(H,17,18). The molecule has 104 valence electrons. The van der Waals surface area contributed by atoms with Gasteiger partial charge in [0.15, 0.2) is 0 Å². The van der Waals surface area contributed by atoms with Crippen LogP contribution < -0.4 is 5.32 Å². The predicted molar refractivity (Wildman–Crippen MR) is 65.3 cm³/mol. The summed E-state index contributed by atoms with van der Waals surface area (Å²) in [6, 6.07) is 1.29. The fourth-order valence-electron chi connectivity index (χ4n) is 2.00. The number of carbonyl (C=O) groups excluding carboxylic acids is 1. The molecule has 1 amide bonds. The molecule has 1 aliphatic heterocycles. The van der Waals surface area contributed by atoms with E-state index in [-0.39, 0.29) is 25.5 Å². The van der Waals surface area contributed by atoms with Crippen molar-refractivity contribution in [2.75, 3.05) is 13.2 Å². The molecule has 0 saturated carbocycles. The topological polar surface area (TPSA) is 93.5 Å². The summed E-state index contributed by atoms with van der Waals surface area (Å²) >= 11 is 0. The second-order valence-corrected chi connectivity index (χ2v) is 4.88. The van der Waals surface area contributed by atoms with Crippen molar-refractivity contribution in [2.45, 2.75) is 25.9 Å². The highest BCUT2D eigenvalue weighted by Gasteiger charge is 2.47. The van der Waals surface area contributed by atoms with Gasteiger partial charge in [0, 0.05) is 25.4 Å². The Labute approximate surface area is 110 Å². The molecule has 7 heteroatoms. The molecule has 1 aliphatic rings. The second-order valence-electron chi connectivity index (χ2n) is 4.88. The number of aromatic nitrogens is 2. The van der Waals surface area contributed by atoms with E-state index in [1.165, 1.54) is 0 Å². The summed E-state index contributed by atoms with van der Waals surface area (Å²) in [5.41, 5.74) is -1.05. The third kappa shape index (κ3) is 2.93. The lowest BCUT2D eigenvalue weighted by Crippen LogP contribution is -2.49. The number of rotatable bonds is 5. The molecule has 19 heavy (non-hydrogen) atoms. The molecule has 1 fully saturated rings. The largest absolute Gasteiger partial charge is 0.481 e. The molecule has 0 aromatic carbocycles. The summed E-state index contributed by atoms with van der Waals surface area (Å²) in [6.07, 6.45) is 3.67. The average Bonchev–Trinajstić information content (AvgIpc) is 2.98. The average molecular weight is 267 g/mol. The van der Waals surface area contributed by atoms with Gasteiger partial charge in [-0.3, -0.25) is 14.3 Å². The zero-order valence-electron chi connectivity index (χ0n) is 10.7. The van der Waals surface area contributed by atoms with Crippen LogP contribution in [0.1, 0.15) is 13.3 Å². The maximum atomic E-state index is 11.8. The van der Waals surface area contributed by atoms with Gasteiger partial charge in [-0.05, 0) is 13.0 Å². The minimum absolute atomic E-state index is 0.117. The third-order valence-corrected chi connectivity index (χ3v) is 3.41. The first-order valence-electron chi connectivity index (χ1n) is 6.10. The molecule has 1 aromatic rings. The zero-order valence-corrected chi connectivity index (χ0v) is 10.7. The van der Waals surface area contributed by atoms with Crippen LogP contribution in [-0.4, -0.2) is 46.0 Å². The molecule has 1 saturated heterocycles. The Balaban J connectivity index is 1.86. The first-order chi connectivity index (χ1) is 9.02. The third-order valence-electron chi connectivity index (χ3n) is 3.41. The maximum absolute atomic E-state index is 11.8. The zero-order chi connectivity index (χ0) is 13.9. The summed E-state index contributed by atoms with van der Waals surface area (Å²) in [7, 11) is 0. The number of hydrogen-bond acceptors (Lipinski definition) is 4. The summed E-state index contributed by atoms with van der Waals surface area (Å²) in [4.78, 5) is 23.0. The van der Waals surface area contributed by atoms with Gasteiger partial charge in [0.2, 0.25) is 5.91 Å². The lowest BCUT2D eigenvalue weighted by molar-refractivity contribution is -0.149. The number of nitrogens with one attached hydrogen (secondary N) is 1. The van der Waals surface area contributed by atoms with E-state index in [1.807, 2.05) is 0 Å². The minimum atomic E-state index is -1.05. The van der Waals surface area contributed by atoms with Crippen LogP contribution in [0.2, 0.25) is 0 Å². The lowest BCUT2D eigenvalue weighted by atomic mass is 9.85. The van der Waals surface area contributed by atoms with Gasteiger partial charge in [0.05, 0.1) is 19.3 Å². The Bertz CT molecular complexity index is 460. The molecule has 2 rings (SSSR count). The highest BCUT2D eigenvalue weighted by molar-refractivity contribution is 5.80. The number of ether oxygens (including phenoxy) is 1. The van der Waals surface area contributed by atoms with Crippen molar-refractivity contribution in [3.05, 3.63) is 18.5 Å². The number of carboxylic acid groups (broad SMARTS) is 1. The Morgan fingerprint density at radius 3 is 3.05 bits per heavy atom. The van der Waals surface area contributed by atoms with Crippen LogP contribution >= 0.6 is 0 Å². The van der Waals surface area contributed by atoms with Crippen molar-refractivity contribution in [2.24, 2.45) is 5.41 Å². The predicted octanol–water partition coefficient (Wildman–Crippen LogP) is -0.121. The van der Waals surface area contributed by atoms with Crippen molar-refractivity contribution in [3.63, 3.8) is 0 Å². The van der Waals surface area contributed by atoms with Gasteiger partial charge in [-0.2, -0.15) is 5.10 Å². The summed E-state index contributed by atoms with van der Waals surface area (Å²) in [6.45, 7) is 2.40. The highest BCUT2D eigenvalue weighted by Crippen LogP contribution is 2.28. The fraction of sp³-hybridized carbons (Fsp3) is 0.583. The van der Waals surface area contributed by atoms with Gasteiger partial charge in [0.25, 0.3) is 0 Å². The van der Waals surface area contributed by atoms with Gasteiger partial charge >= 0.3 is 5.97 Å². The van der Waals surface area contributed by atoms with Crippen LogP contribution in [-0.2, 0) is 20.9 Å². The van der Waals surface area contributed by atoms with Crippen molar-refractivity contribution in [1.29, 1.82) is 0 Å². The SMILES string of the molecule is CC1(C(=O)O)COCC1NC(=O)CCn1cccn1. The molecule has 0 bridgehead atoms. The highest BCUT2D eigenvalue weighted by atomic mass is 16.5. The number of amides is 1. The van der Waals surface area contributed by atoms with E-state index in [0.717, 1.165) is 0 Å². The molecule has 0 radical (unpaired) electrons. The van der Waals surface area contributed by atoms with Crippen LogP contribution in [0.5, 0.6) is 0 Å². The van der Waals surface area contributed by atoms with Crippen molar-refractivity contribution in [3.8, 4) is 0 Å². The van der Waals surface area contributed by atoms with Crippen LogP contribution in [0.25, 0.3) is 0 Å². The van der Waals surface area contributed by atoms with Crippen molar-refractivity contribution >= 4 is 11.9 Å². The van der Waals surface area contributed by atoms with E-state index in [0.29, 0.717) is 6.54 Å². The van der Waals surface area contributed by atoms with Gasteiger partial charge in [-0.1, -0.05) is 0 Å². The Kier molecular flexibility index (Phi) is 3.84. The summed E-state index contributed by atoms with van der Waals surface area (Å²) in [5.74, 6) is -1.15. The van der Waals surface area contributed by atoms with E-state index < -0.39 is 17.4 Å². The Morgan fingerprint density at radius 1 is 1.63 bits per heavy atom. The van der Waals surface area contributed by atoms with Gasteiger partial charge in [-0.15, -0.1) is 0 Å². The smallest absolute Gasteiger partial charge is 0.313 e. The number of hydrogen-bond donors (Lipinski definition) is 2. The van der Waals surface area contributed by atoms with Gasteiger partial charge in [0.1, 0.15) is 5.41 Å². The molecule has 2 unspecified atom stereocenters. The monoisotopic (exact) mass is 267 g/mol. The lowest BCUT2D eigenvalue weighted by Gasteiger charge is -2.25. The van der Waals surface area contributed by atoms with Crippen LogP contribution in [0, 0.1) is 5.41 Å². The van der Waals surface area contributed by atoms with Crippen LogP contribution in [0.3, 0.4) is 0 Å². The molecular weight excluding hydrogens is 250 g/mol. The first kappa shape index (κ1) is 13.5. The molecule has 1 aromatic heterocycles. The fourth-order valence-corrected chi connectivity index (χ4v) is 2.00. The van der Waals surface area contributed by atoms with Crippen LogP contribution in [0.4, 0.5) is 0 Å². The van der Waals surface area contributed by atoms with E-state index in [1.54, 1.807) is 30.1 Å². The van der Waals surface area contributed by atoms with Gasteiger partial charge < -0.3 is 15.2 Å². The van der Waals surface area contributed by atoms with E-state index in [2.05, 4.69) is 10.4 Å².